The van der Waals surface area contributed by atoms with Crippen LogP contribution in [0.3, 0.4) is 0 Å². The number of rotatable bonds is 7. The van der Waals surface area contributed by atoms with Crippen molar-refractivity contribution in [2.24, 2.45) is 0 Å². The first kappa shape index (κ1) is 16.0. The van der Waals surface area contributed by atoms with Gasteiger partial charge in [0.2, 0.25) is 15.9 Å². The first-order valence-corrected chi connectivity index (χ1v) is 7.34. The maximum atomic E-state index is 11.9. The second kappa shape index (κ2) is 6.42. The Balaban J connectivity index is 3.09. The third-order valence-electron chi connectivity index (χ3n) is 2.41. The van der Waals surface area contributed by atoms with Gasteiger partial charge in [-0.25, -0.2) is 13.4 Å². The van der Waals surface area contributed by atoms with Crippen molar-refractivity contribution < 1.29 is 23.1 Å². The van der Waals surface area contributed by atoms with E-state index in [4.69, 9.17) is 9.84 Å². The number of anilines is 2. The number of hydrogen-bond acceptors (Lipinski definition) is 6. The lowest BCUT2D eigenvalue weighted by Crippen LogP contribution is -2.21. The van der Waals surface area contributed by atoms with E-state index in [0.29, 0.717) is 5.69 Å². The van der Waals surface area contributed by atoms with Gasteiger partial charge in [0.1, 0.15) is 5.69 Å². The number of ether oxygens (including phenoxy) is 1. The molecule has 0 saturated heterocycles. The quantitative estimate of drug-likeness (QED) is 0.749. The highest BCUT2D eigenvalue weighted by Crippen LogP contribution is 2.32. The van der Waals surface area contributed by atoms with Gasteiger partial charge >= 0.3 is 5.97 Å². The summed E-state index contributed by atoms with van der Waals surface area (Å²) in [6, 6.07) is 1.62. The highest BCUT2D eigenvalue weighted by molar-refractivity contribution is 7.92. The highest BCUT2D eigenvalue weighted by Gasteiger charge is 2.19. The molecule has 0 atom stereocenters. The van der Waals surface area contributed by atoms with Crippen LogP contribution in [0.1, 0.15) is 6.42 Å². The second-order valence-corrected chi connectivity index (χ2v) is 6.02. The van der Waals surface area contributed by atoms with E-state index < -0.39 is 28.2 Å². The van der Waals surface area contributed by atoms with Gasteiger partial charge < -0.3 is 14.7 Å². The molecule has 0 radical (unpaired) electrons. The molecule has 1 aromatic heterocycles. The molecule has 0 spiro atoms. The zero-order valence-corrected chi connectivity index (χ0v) is 12.3. The number of nitrogens with one attached hydrogen (secondary N) is 1. The lowest BCUT2D eigenvalue weighted by molar-refractivity contribution is -0.136. The number of sulfonamides is 1. The number of carboxylic acids is 1. The Morgan fingerprint density at radius 2 is 2.15 bits per heavy atom. The predicted octanol–water partition coefficient (Wildman–Crippen LogP) is 0.373. The Morgan fingerprint density at radius 1 is 1.50 bits per heavy atom. The van der Waals surface area contributed by atoms with Gasteiger partial charge in [0, 0.05) is 20.3 Å². The molecular weight excluding hydrogens is 286 g/mol. The van der Waals surface area contributed by atoms with E-state index in [1.807, 2.05) is 0 Å². The van der Waals surface area contributed by atoms with Crippen LogP contribution in [0.5, 0.6) is 5.88 Å². The van der Waals surface area contributed by atoms with Crippen LogP contribution in [0.25, 0.3) is 0 Å². The Morgan fingerprint density at radius 3 is 2.65 bits per heavy atom. The fourth-order valence-electron chi connectivity index (χ4n) is 1.48. The molecule has 9 heteroatoms. The molecule has 0 aliphatic rings. The number of hydrogen-bond donors (Lipinski definition) is 2. The maximum absolute atomic E-state index is 11.9. The monoisotopic (exact) mass is 303 g/mol. The molecule has 0 aromatic carbocycles. The zero-order valence-electron chi connectivity index (χ0n) is 11.5. The van der Waals surface area contributed by atoms with Gasteiger partial charge in [-0.05, 0) is 6.07 Å². The summed E-state index contributed by atoms with van der Waals surface area (Å²) in [7, 11) is 1.06. The lowest BCUT2D eigenvalue weighted by atomic mass is 10.3. The molecule has 0 aliphatic heterocycles. The van der Waals surface area contributed by atoms with Crippen LogP contribution < -0.4 is 14.4 Å². The normalized spacial score (nSPS) is 10.9. The number of methoxy groups -OCH3 is 1. The summed E-state index contributed by atoms with van der Waals surface area (Å²) in [6.45, 7) is 0. The largest absolute Gasteiger partial charge is 0.481 e. The van der Waals surface area contributed by atoms with Crippen molar-refractivity contribution in [2.45, 2.75) is 6.42 Å². The van der Waals surface area contributed by atoms with Crippen molar-refractivity contribution in [3.05, 3.63) is 12.3 Å². The van der Waals surface area contributed by atoms with Crippen molar-refractivity contribution >= 4 is 27.4 Å². The molecule has 0 fully saturated rings. The lowest BCUT2D eigenvalue weighted by Gasteiger charge is -2.19. The van der Waals surface area contributed by atoms with E-state index >= 15 is 0 Å². The number of pyridine rings is 1. The Kier molecular flexibility index (Phi) is 5.14. The molecule has 1 heterocycles. The molecule has 0 amide bonds. The molecule has 8 nitrogen and oxygen atoms in total. The minimum absolute atomic E-state index is 0.120. The van der Waals surface area contributed by atoms with Gasteiger partial charge in [0.25, 0.3) is 0 Å². The number of carbonyl (C=O) groups is 1. The van der Waals surface area contributed by atoms with Crippen molar-refractivity contribution in [1.82, 2.24) is 4.98 Å². The third kappa shape index (κ3) is 4.26. The molecule has 0 saturated carbocycles. The predicted molar refractivity (Wildman–Crippen MR) is 74.8 cm³/mol. The SMILES string of the molecule is COc1nccc(N(C)C)c1NS(=O)(=O)CCC(=O)O. The smallest absolute Gasteiger partial charge is 0.304 e. The molecular formula is C11H17N3O5S. The van der Waals surface area contributed by atoms with E-state index in [1.165, 1.54) is 13.3 Å². The van der Waals surface area contributed by atoms with Crippen molar-refractivity contribution in [3.8, 4) is 5.88 Å². The van der Waals surface area contributed by atoms with E-state index in [1.54, 1.807) is 25.1 Å². The van der Waals surface area contributed by atoms with Crippen molar-refractivity contribution in [2.75, 3.05) is 36.6 Å². The van der Waals surface area contributed by atoms with E-state index in [0.717, 1.165) is 0 Å². The van der Waals surface area contributed by atoms with Gasteiger partial charge in [-0.15, -0.1) is 0 Å². The molecule has 2 N–H and O–H groups in total. The van der Waals surface area contributed by atoms with Crippen LogP contribution in [0.2, 0.25) is 0 Å². The van der Waals surface area contributed by atoms with E-state index in [9.17, 15) is 13.2 Å². The topological polar surface area (TPSA) is 109 Å². The van der Waals surface area contributed by atoms with Crippen LogP contribution in [-0.4, -0.2) is 51.4 Å². The summed E-state index contributed by atoms with van der Waals surface area (Å²) in [5, 5.41) is 8.55. The minimum Gasteiger partial charge on any atom is -0.481 e. The van der Waals surface area contributed by atoms with Gasteiger partial charge in [-0.3, -0.25) is 9.52 Å². The summed E-state index contributed by atoms with van der Waals surface area (Å²) in [5.74, 6) is -1.58. The molecule has 112 valence electrons. The van der Waals surface area contributed by atoms with Crippen molar-refractivity contribution in [1.29, 1.82) is 0 Å². The Bertz CT molecular complexity index is 586. The molecule has 1 rings (SSSR count). The van der Waals surface area contributed by atoms with Gasteiger partial charge in [0.05, 0.1) is 25.0 Å². The van der Waals surface area contributed by atoms with Crippen LogP contribution in [0.15, 0.2) is 12.3 Å². The number of aromatic nitrogens is 1. The van der Waals surface area contributed by atoms with Gasteiger partial charge in [-0.2, -0.15) is 0 Å². The molecule has 0 unspecified atom stereocenters. The molecule has 20 heavy (non-hydrogen) atoms. The second-order valence-electron chi connectivity index (χ2n) is 4.17. The summed E-state index contributed by atoms with van der Waals surface area (Å²) in [4.78, 5) is 16.1. The average molecular weight is 303 g/mol. The summed E-state index contributed by atoms with van der Waals surface area (Å²) in [6.07, 6.45) is 1.01. The van der Waals surface area contributed by atoms with Gasteiger partial charge in [0.15, 0.2) is 0 Å². The van der Waals surface area contributed by atoms with Crippen LogP contribution in [0, 0.1) is 0 Å². The summed E-state index contributed by atoms with van der Waals surface area (Å²) < 4.78 is 31.1. The number of carboxylic acid groups (broad SMARTS) is 1. The standard InChI is InChI=1S/C11H17N3O5S/c1-14(2)8-4-6-12-11(19-3)10(8)13-20(17,18)7-5-9(15)16/h4,6,13H,5,7H2,1-3H3,(H,15,16). The third-order valence-corrected chi connectivity index (χ3v) is 3.67. The first-order valence-electron chi connectivity index (χ1n) is 5.69. The average Bonchev–Trinajstić information content (AvgIpc) is 2.36. The van der Waals surface area contributed by atoms with Crippen LogP contribution >= 0.6 is 0 Å². The fraction of sp³-hybridized carbons (Fsp3) is 0.455. The Labute approximate surface area is 117 Å². The maximum Gasteiger partial charge on any atom is 0.304 e. The fourth-order valence-corrected chi connectivity index (χ4v) is 2.53. The number of nitrogens with zero attached hydrogens (tertiary/aromatic N) is 2. The van der Waals surface area contributed by atoms with Crippen LogP contribution in [0.4, 0.5) is 11.4 Å². The van der Waals surface area contributed by atoms with E-state index in [2.05, 4.69) is 9.71 Å². The van der Waals surface area contributed by atoms with Crippen molar-refractivity contribution in [3.63, 3.8) is 0 Å². The zero-order chi connectivity index (χ0) is 15.3. The van der Waals surface area contributed by atoms with E-state index in [-0.39, 0.29) is 11.6 Å². The van der Waals surface area contributed by atoms with Gasteiger partial charge in [-0.1, -0.05) is 0 Å². The summed E-state index contributed by atoms with van der Waals surface area (Å²) in [5.41, 5.74) is 0.751. The Hall–Kier alpha value is -2.03. The summed E-state index contributed by atoms with van der Waals surface area (Å²) >= 11 is 0. The molecule has 1 aromatic rings. The van der Waals surface area contributed by atoms with Crippen LogP contribution in [-0.2, 0) is 14.8 Å². The minimum atomic E-state index is -3.80. The highest BCUT2D eigenvalue weighted by atomic mass is 32.2. The molecule has 0 bridgehead atoms. The molecule has 0 aliphatic carbocycles. The number of aliphatic carboxylic acids is 1. The first-order chi connectivity index (χ1) is 9.26.